The number of para-hydroxylation sites is 1. The number of hydrogen-bond donors (Lipinski definition) is 3. The van der Waals surface area contributed by atoms with Gasteiger partial charge in [0.05, 0.1) is 19.3 Å². The molecule has 2 aliphatic heterocycles. The first-order valence-corrected chi connectivity index (χ1v) is 13.2. The van der Waals surface area contributed by atoms with Crippen molar-refractivity contribution in [2.45, 2.75) is 63.9 Å². The molecule has 1 aromatic heterocycles. The zero-order chi connectivity index (χ0) is 27.0. The second kappa shape index (κ2) is 10.5. The summed E-state index contributed by atoms with van der Waals surface area (Å²) >= 11 is 0. The highest BCUT2D eigenvalue weighted by Gasteiger charge is 2.62. The van der Waals surface area contributed by atoms with Gasteiger partial charge in [0.25, 0.3) is 5.56 Å². The third-order valence-electron chi connectivity index (χ3n) is 5.93. The molecular weight excluding hydrogens is 509 g/mol. The molecule has 4 rings (SSSR count). The lowest BCUT2D eigenvalue weighted by atomic mass is 10.0. The maximum atomic E-state index is 13.8. The number of aryl methyl sites for hydroxylation is 1. The number of carbonyl (C=O) groups is 1. The Morgan fingerprint density at radius 2 is 2.00 bits per heavy atom. The molecule has 202 valence electrons. The van der Waals surface area contributed by atoms with Gasteiger partial charge in [-0.2, -0.15) is 5.09 Å². The van der Waals surface area contributed by atoms with Crippen molar-refractivity contribution in [2.75, 3.05) is 13.2 Å². The largest absolute Gasteiger partial charge is 0.462 e. The van der Waals surface area contributed by atoms with Gasteiger partial charge >= 0.3 is 19.4 Å². The van der Waals surface area contributed by atoms with Crippen LogP contribution in [-0.4, -0.2) is 63.8 Å². The fourth-order valence-corrected chi connectivity index (χ4v) is 5.59. The molecule has 0 spiro atoms. The van der Waals surface area contributed by atoms with Gasteiger partial charge in [-0.3, -0.25) is 23.7 Å². The van der Waals surface area contributed by atoms with Crippen molar-refractivity contribution in [3.05, 3.63) is 62.9 Å². The Hall–Kier alpha value is -2.80. The number of nitrogens with one attached hydrogen (secondary N) is 2. The lowest BCUT2D eigenvalue weighted by Gasteiger charge is -2.32. The molecule has 13 nitrogen and oxygen atoms in total. The van der Waals surface area contributed by atoms with Crippen molar-refractivity contribution < 1.29 is 37.7 Å². The number of aromatic nitrogens is 2. The first-order chi connectivity index (χ1) is 17.4. The quantitative estimate of drug-likeness (QED) is 0.291. The van der Waals surface area contributed by atoms with E-state index in [1.807, 2.05) is 0 Å². The fourth-order valence-electron chi connectivity index (χ4n) is 4.04. The van der Waals surface area contributed by atoms with Crippen LogP contribution in [0, 0.1) is 6.92 Å². The summed E-state index contributed by atoms with van der Waals surface area (Å²) in [5.74, 6) is -0.454. The highest BCUT2D eigenvalue weighted by Crippen LogP contribution is 2.50. The number of aliphatic hydroxyl groups is 1. The van der Waals surface area contributed by atoms with Gasteiger partial charge in [-0.05, 0) is 39.8 Å². The van der Waals surface area contributed by atoms with Crippen LogP contribution in [0.15, 0.2) is 46.1 Å². The van der Waals surface area contributed by atoms with E-state index in [2.05, 4.69) is 10.1 Å². The van der Waals surface area contributed by atoms with E-state index in [0.717, 1.165) is 4.57 Å². The molecule has 0 saturated carbocycles. The van der Waals surface area contributed by atoms with Crippen LogP contribution in [0.3, 0.4) is 0 Å². The van der Waals surface area contributed by atoms with Gasteiger partial charge in [0, 0.05) is 11.8 Å². The Kier molecular flexibility index (Phi) is 7.75. The number of hydrogen-bond acceptors (Lipinski definition) is 10. The van der Waals surface area contributed by atoms with Crippen LogP contribution in [0.4, 0.5) is 0 Å². The number of aliphatic hydroxyl groups excluding tert-OH is 1. The van der Waals surface area contributed by atoms with Crippen LogP contribution in [0.1, 0.15) is 32.6 Å². The lowest BCUT2D eigenvalue weighted by Crippen LogP contribution is -2.46. The van der Waals surface area contributed by atoms with E-state index in [4.69, 9.17) is 23.3 Å². The smallest absolute Gasteiger partial charge is 0.459 e. The molecule has 2 aromatic rings. The van der Waals surface area contributed by atoms with Crippen LogP contribution in [-0.2, 0) is 28.1 Å². The summed E-state index contributed by atoms with van der Waals surface area (Å²) in [5.41, 5.74) is -2.52. The van der Waals surface area contributed by atoms with Crippen LogP contribution in [0.25, 0.3) is 0 Å². The fraction of sp³-hybridized carbons (Fsp3) is 0.522. The predicted molar refractivity (Wildman–Crippen MR) is 129 cm³/mol. The van der Waals surface area contributed by atoms with Gasteiger partial charge < -0.3 is 23.8 Å². The maximum absolute atomic E-state index is 13.8. The molecule has 2 bridgehead atoms. The van der Waals surface area contributed by atoms with Crippen molar-refractivity contribution in [3.63, 3.8) is 0 Å². The van der Waals surface area contributed by atoms with Crippen molar-refractivity contribution in [1.82, 2.24) is 14.6 Å². The summed E-state index contributed by atoms with van der Waals surface area (Å²) in [6.07, 6.45) is -2.36. The number of H-pyrrole nitrogens is 1. The Balaban J connectivity index is 1.55. The Morgan fingerprint density at radius 3 is 2.68 bits per heavy atom. The summed E-state index contributed by atoms with van der Waals surface area (Å²) < 4.78 is 43.1. The van der Waals surface area contributed by atoms with Gasteiger partial charge in [0.2, 0.25) is 0 Å². The van der Waals surface area contributed by atoms with Gasteiger partial charge in [-0.25, -0.2) is 9.36 Å². The summed E-state index contributed by atoms with van der Waals surface area (Å²) in [7, 11) is -4.24. The number of benzene rings is 1. The van der Waals surface area contributed by atoms with Crippen LogP contribution in [0.2, 0.25) is 0 Å². The lowest BCUT2D eigenvalue weighted by molar-refractivity contribution is -0.185. The second-order valence-corrected chi connectivity index (χ2v) is 11.0. The SMILES string of the molecule is Cc1cn([C@@H]2O[C@@]3(COP(=O)(N[C@H](C)C(=O)OC(C)C)Oc4ccccc4)CO[C@@H]2[C@@H]3O)c(=O)[nH]c1=O. The normalized spacial score (nSPS) is 27.1. The number of carbonyl (C=O) groups excluding carboxylic acids is 1. The Labute approximate surface area is 212 Å². The molecule has 2 fully saturated rings. The third-order valence-corrected chi connectivity index (χ3v) is 7.56. The topological polar surface area (TPSA) is 167 Å². The number of esters is 1. The van der Waals surface area contributed by atoms with Crippen molar-refractivity contribution in [1.29, 1.82) is 0 Å². The molecule has 6 atom stereocenters. The summed E-state index contributed by atoms with van der Waals surface area (Å²) in [6, 6.07) is 7.14. The first kappa shape index (κ1) is 27.2. The molecule has 2 saturated heterocycles. The molecular formula is C23H30N3O10P. The van der Waals surface area contributed by atoms with Crippen LogP contribution < -0.4 is 20.9 Å². The molecule has 3 heterocycles. The van der Waals surface area contributed by atoms with Crippen LogP contribution >= 0.6 is 7.75 Å². The zero-order valence-corrected chi connectivity index (χ0v) is 21.7. The molecule has 0 radical (unpaired) electrons. The standard InChI is InChI=1S/C23H30N3O10P/c1-13(2)34-21(29)15(4)25-37(31,36-16-8-6-5-7-9-16)33-12-23-11-32-17(18(23)27)20(35-23)26-10-14(3)19(28)24-22(26)30/h5-10,13,15,17-18,20,27H,11-12H2,1-4H3,(H,25,31)(H,24,28,30)/t15-,17-,18+,20-,23-,37?/m1/s1. The van der Waals surface area contributed by atoms with E-state index in [0.29, 0.717) is 0 Å². The van der Waals surface area contributed by atoms with Gasteiger partial charge in [0.15, 0.2) is 6.23 Å². The number of nitrogens with zero attached hydrogens (tertiary/aromatic N) is 1. The summed E-state index contributed by atoms with van der Waals surface area (Å²) in [5, 5.41) is 13.5. The molecule has 0 amide bonds. The van der Waals surface area contributed by atoms with Gasteiger partial charge in [-0.15, -0.1) is 0 Å². The first-order valence-electron chi connectivity index (χ1n) is 11.7. The Morgan fingerprint density at radius 1 is 1.30 bits per heavy atom. The minimum absolute atomic E-state index is 0.122. The van der Waals surface area contributed by atoms with Gasteiger partial charge in [-0.1, -0.05) is 18.2 Å². The van der Waals surface area contributed by atoms with Crippen LogP contribution in [0.5, 0.6) is 5.75 Å². The predicted octanol–water partition coefficient (Wildman–Crippen LogP) is 1.01. The average molecular weight is 539 g/mol. The van der Waals surface area contributed by atoms with E-state index >= 15 is 0 Å². The van der Waals surface area contributed by atoms with E-state index in [9.17, 15) is 24.1 Å². The summed E-state index contributed by atoms with van der Waals surface area (Å²) in [4.78, 5) is 38.7. The molecule has 3 N–H and O–H groups in total. The molecule has 14 heteroatoms. The maximum Gasteiger partial charge on any atom is 0.459 e. The highest BCUT2D eigenvalue weighted by atomic mass is 31.2. The minimum atomic E-state index is -4.24. The molecule has 1 aromatic carbocycles. The monoisotopic (exact) mass is 539 g/mol. The number of rotatable bonds is 10. The minimum Gasteiger partial charge on any atom is -0.462 e. The van der Waals surface area contributed by atoms with E-state index in [1.54, 1.807) is 44.2 Å². The summed E-state index contributed by atoms with van der Waals surface area (Å²) in [6.45, 7) is 5.74. The number of fused-ring (bicyclic) bond motifs is 2. The molecule has 2 aliphatic rings. The average Bonchev–Trinajstić information content (AvgIpc) is 3.29. The zero-order valence-electron chi connectivity index (χ0n) is 20.8. The Bertz CT molecular complexity index is 1300. The van der Waals surface area contributed by atoms with E-state index in [-0.39, 0.29) is 17.9 Å². The second-order valence-electron chi connectivity index (χ2n) is 9.28. The number of aromatic amines is 1. The molecule has 0 aliphatic carbocycles. The van der Waals surface area contributed by atoms with Crippen molar-refractivity contribution in [2.24, 2.45) is 0 Å². The highest BCUT2D eigenvalue weighted by molar-refractivity contribution is 7.52. The molecule has 1 unspecified atom stereocenters. The van der Waals surface area contributed by atoms with Crippen molar-refractivity contribution >= 4 is 13.7 Å². The van der Waals surface area contributed by atoms with E-state index < -0.39 is 67.8 Å². The third kappa shape index (κ3) is 5.71. The van der Waals surface area contributed by atoms with Gasteiger partial charge in [0.1, 0.15) is 29.6 Å². The molecule has 37 heavy (non-hydrogen) atoms. The van der Waals surface area contributed by atoms with Crippen molar-refractivity contribution in [3.8, 4) is 5.75 Å². The van der Waals surface area contributed by atoms with E-state index in [1.165, 1.54) is 20.0 Å². The number of ether oxygens (including phenoxy) is 3.